The summed E-state index contributed by atoms with van der Waals surface area (Å²) in [5, 5.41) is 4.05. The van der Waals surface area contributed by atoms with E-state index in [1.807, 2.05) is 6.07 Å². The van der Waals surface area contributed by atoms with Gasteiger partial charge < -0.3 is 0 Å². The molecule has 0 N–H and O–H groups in total. The summed E-state index contributed by atoms with van der Waals surface area (Å²) in [6.45, 7) is 1.40. The van der Waals surface area contributed by atoms with Crippen LogP contribution in [-0.2, 0) is 13.1 Å². The average molecular weight is 298 g/mol. The monoisotopic (exact) mass is 297 g/mol. The van der Waals surface area contributed by atoms with Gasteiger partial charge in [-0.25, -0.2) is 4.39 Å². The number of hydrogen-bond acceptors (Lipinski definition) is 4. The number of nitrogens with zero attached hydrogens (tertiary/aromatic N) is 3. The van der Waals surface area contributed by atoms with Gasteiger partial charge in [-0.1, -0.05) is 28.2 Å². The SMILES string of the molecule is Fc1cccc(CN(Cc2nnsc2Cl)C2CC2)c1. The van der Waals surface area contributed by atoms with Gasteiger partial charge in [0, 0.05) is 30.7 Å². The molecule has 0 unspecified atom stereocenters. The first kappa shape index (κ1) is 13.0. The lowest BCUT2D eigenvalue weighted by molar-refractivity contribution is 0.242. The predicted octanol–water partition coefficient (Wildman–Crippen LogP) is 3.50. The van der Waals surface area contributed by atoms with E-state index in [1.165, 1.54) is 30.4 Å². The Labute approximate surface area is 120 Å². The van der Waals surface area contributed by atoms with E-state index in [-0.39, 0.29) is 5.82 Å². The van der Waals surface area contributed by atoms with Gasteiger partial charge in [0.2, 0.25) is 0 Å². The third-order valence-corrected chi connectivity index (χ3v) is 4.18. The van der Waals surface area contributed by atoms with Crippen LogP contribution in [0.3, 0.4) is 0 Å². The summed E-state index contributed by atoms with van der Waals surface area (Å²) < 4.78 is 17.7. The van der Waals surface area contributed by atoms with E-state index in [2.05, 4.69) is 14.5 Å². The highest BCUT2D eigenvalue weighted by Gasteiger charge is 2.30. The van der Waals surface area contributed by atoms with Crippen molar-refractivity contribution in [2.24, 2.45) is 0 Å². The van der Waals surface area contributed by atoms with Gasteiger partial charge in [0.15, 0.2) is 0 Å². The molecule has 1 aliphatic carbocycles. The molecule has 0 bridgehead atoms. The standard InChI is InChI=1S/C13H13ClFN3S/c14-13-12(16-17-19-13)8-18(11-4-5-11)7-9-2-1-3-10(15)6-9/h1-3,6,11H,4-5,7-8H2. The Morgan fingerprint density at radius 3 is 2.84 bits per heavy atom. The molecule has 0 atom stereocenters. The lowest BCUT2D eigenvalue weighted by Crippen LogP contribution is -2.25. The highest BCUT2D eigenvalue weighted by Crippen LogP contribution is 2.31. The molecule has 1 aromatic carbocycles. The minimum atomic E-state index is -0.193. The van der Waals surface area contributed by atoms with Crippen LogP contribution in [0.15, 0.2) is 24.3 Å². The third-order valence-electron chi connectivity index (χ3n) is 3.20. The number of rotatable bonds is 5. The molecule has 1 fully saturated rings. The van der Waals surface area contributed by atoms with Gasteiger partial charge in [-0.3, -0.25) is 4.90 Å². The Bertz CT molecular complexity index is 571. The molecule has 3 rings (SSSR count). The molecule has 19 heavy (non-hydrogen) atoms. The van der Waals surface area contributed by atoms with Gasteiger partial charge in [0.05, 0.1) is 0 Å². The van der Waals surface area contributed by atoms with E-state index >= 15 is 0 Å². The first-order valence-electron chi connectivity index (χ1n) is 6.17. The number of aromatic nitrogens is 2. The van der Waals surface area contributed by atoms with E-state index in [9.17, 15) is 4.39 Å². The van der Waals surface area contributed by atoms with Crippen molar-refractivity contribution in [1.82, 2.24) is 14.5 Å². The third kappa shape index (κ3) is 3.29. The van der Waals surface area contributed by atoms with Crippen molar-refractivity contribution < 1.29 is 4.39 Å². The lowest BCUT2D eigenvalue weighted by atomic mass is 10.2. The second-order valence-corrected chi connectivity index (χ2v) is 6.12. The van der Waals surface area contributed by atoms with E-state index < -0.39 is 0 Å². The van der Waals surface area contributed by atoms with Crippen LogP contribution in [0.1, 0.15) is 24.1 Å². The van der Waals surface area contributed by atoms with E-state index in [1.54, 1.807) is 12.1 Å². The number of hydrogen-bond donors (Lipinski definition) is 0. The van der Waals surface area contributed by atoms with Crippen LogP contribution in [0.25, 0.3) is 0 Å². The van der Waals surface area contributed by atoms with E-state index in [4.69, 9.17) is 11.6 Å². The molecule has 0 radical (unpaired) electrons. The Hall–Kier alpha value is -1.04. The Morgan fingerprint density at radius 1 is 1.37 bits per heavy atom. The summed E-state index contributed by atoms with van der Waals surface area (Å²) >= 11 is 7.25. The molecule has 1 aliphatic rings. The van der Waals surface area contributed by atoms with Gasteiger partial charge in [-0.2, -0.15) is 0 Å². The average Bonchev–Trinajstić information content (AvgIpc) is 3.14. The van der Waals surface area contributed by atoms with Gasteiger partial charge >= 0.3 is 0 Å². The molecule has 6 heteroatoms. The highest BCUT2D eigenvalue weighted by atomic mass is 35.5. The van der Waals surface area contributed by atoms with Crippen LogP contribution < -0.4 is 0 Å². The van der Waals surface area contributed by atoms with Gasteiger partial charge in [-0.05, 0) is 30.5 Å². The fraction of sp³-hybridized carbons (Fsp3) is 0.385. The predicted molar refractivity (Wildman–Crippen MR) is 73.6 cm³/mol. The van der Waals surface area contributed by atoms with Crippen LogP contribution in [0, 0.1) is 5.82 Å². The van der Waals surface area contributed by atoms with E-state index in [0.29, 0.717) is 16.9 Å². The first-order valence-corrected chi connectivity index (χ1v) is 7.33. The first-order chi connectivity index (χ1) is 9.22. The number of benzene rings is 1. The van der Waals surface area contributed by atoms with Crippen LogP contribution in [-0.4, -0.2) is 20.5 Å². The Kier molecular flexibility index (Phi) is 3.77. The van der Waals surface area contributed by atoms with Crippen LogP contribution >= 0.6 is 23.1 Å². The zero-order valence-electron chi connectivity index (χ0n) is 10.2. The summed E-state index contributed by atoms with van der Waals surface area (Å²) in [5.41, 5.74) is 1.79. The molecule has 1 heterocycles. The van der Waals surface area contributed by atoms with Crippen molar-refractivity contribution in [2.45, 2.75) is 32.0 Å². The van der Waals surface area contributed by atoms with Crippen LogP contribution in [0.4, 0.5) is 4.39 Å². The molecule has 0 amide bonds. The van der Waals surface area contributed by atoms with Crippen molar-refractivity contribution in [3.8, 4) is 0 Å². The Morgan fingerprint density at radius 2 is 2.21 bits per heavy atom. The van der Waals surface area contributed by atoms with Crippen molar-refractivity contribution in [2.75, 3.05) is 0 Å². The quantitative estimate of drug-likeness (QED) is 0.846. The molecule has 3 nitrogen and oxygen atoms in total. The van der Waals surface area contributed by atoms with Crippen LogP contribution in [0.5, 0.6) is 0 Å². The topological polar surface area (TPSA) is 29.0 Å². The highest BCUT2D eigenvalue weighted by molar-refractivity contribution is 7.10. The maximum absolute atomic E-state index is 13.2. The molecule has 0 spiro atoms. The normalized spacial score (nSPS) is 15.1. The summed E-state index contributed by atoms with van der Waals surface area (Å²) in [4.78, 5) is 2.29. The second-order valence-electron chi connectivity index (χ2n) is 4.76. The van der Waals surface area contributed by atoms with Crippen LogP contribution in [0.2, 0.25) is 4.34 Å². The maximum atomic E-state index is 13.2. The van der Waals surface area contributed by atoms with Crippen molar-refractivity contribution >= 4 is 23.1 Å². The smallest absolute Gasteiger partial charge is 0.138 e. The molecular formula is C13H13ClFN3S. The molecule has 0 saturated heterocycles. The number of halogens is 2. The van der Waals surface area contributed by atoms with Gasteiger partial charge in [0.1, 0.15) is 15.8 Å². The zero-order chi connectivity index (χ0) is 13.2. The molecule has 100 valence electrons. The largest absolute Gasteiger partial charge is 0.290 e. The van der Waals surface area contributed by atoms with Gasteiger partial charge in [0.25, 0.3) is 0 Å². The molecule has 0 aliphatic heterocycles. The summed E-state index contributed by atoms with van der Waals surface area (Å²) in [6.07, 6.45) is 2.37. The fourth-order valence-corrected chi connectivity index (χ4v) is 2.72. The summed E-state index contributed by atoms with van der Waals surface area (Å²) in [5.74, 6) is -0.193. The Balaban J connectivity index is 1.73. The van der Waals surface area contributed by atoms with Crippen molar-refractivity contribution in [3.63, 3.8) is 0 Å². The second kappa shape index (κ2) is 5.53. The van der Waals surface area contributed by atoms with Crippen molar-refractivity contribution in [3.05, 3.63) is 45.7 Å². The minimum absolute atomic E-state index is 0.193. The minimum Gasteiger partial charge on any atom is -0.290 e. The van der Waals surface area contributed by atoms with E-state index in [0.717, 1.165) is 17.8 Å². The molecule has 2 aromatic rings. The van der Waals surface area contributed by atoms with Crippen molar-refractivity contribution in [1.29, 1.82) is 0 Å². The summed E-state index contributed by atoms with van der Waals surface area (Å²) in [6, 6.07) is 7.29. The fourth-order valence-electron chi connectivity index (χ4n) is 2.11. The maximum Gasteiger partial charge on any atom is 0.138 e. The summed E-state index contributed by atoms with van der Waals surface area (Å²) in [7, 11) is 0. The zero-order valence-corrected chi connectivity index (χ0v) is 11.8. The lowest BCUT2D eigenvalue weighted by Gasteiger charge is -2.21. The van der Waals surface area contributed by atoms with Gasteiger partial charge in [-0.15, -0.1) is 5.10 Å². The molecular weight excluding hydrogens is 285 g/mol. The molecule has 1 aromatic heterocycles. The molecule has 1 saturated carbocycles.